The van der Waals surface area contributed by atoms with Crippen LogP contribution in [0.2, 0.25) is 0 Å². The second kappa shape index (κ2) is 12.5. The summed E-state index contributed by atoms with van der Waals surface area (Å²) < 4.78 is 4.67. The van der Waals surface area contributed by atoms with Crippen LogP contribution in [0, 0.1) is 5.92 Å². The number of ether oxygens (including phenoxy) is 1. The highest BCUT2D eigenvalue weighted by atomic mass is 16.7. The van der Waals surface area contributed by atoms with E-state index in [2.05, 4.69) is 20.7 Å². The first kappa shape index (κ1) is 25.0. The highest BCUT2D eigenvalue weighted by molar-refractivity contribution is 6.55. The van der Waals surface area contributed by atoms with Crippen LogP contribution in [-0.4, -0.2) is 62.9 Å². The molecule has 1 aromatic rings. The van der Waals surface area contributed by atoms with Crippen molar-refractivity contribution in [3.8, 4) is 0 Å². The van der Waals surface area contributed by atoms with Crippen molar-refractivity contribution in [3.05, 3.63) is 29.8 Å². The molecule has 0 aliphatic rings. The molecule has 0 spiro atoms. The van der Waals surface area contributed by atoms with Crippen LogP contribution in [0.5, 0.6) is 0 Å². The molecule has 0 fully saturated rings. The minimum atomic E-state index is -0.872. The fourth-order valence-electron chi connectivity index (χ4n) is 2.22. The van der Waals surface area contributed by atoms with Crippen LogP contribution in [0.4, 0.5) is 15.3 Å². The Morgan fingerprint density at radius 3 is 2.30 bits per heavy atom. The fourth-order valence-corrected chi connectivity index (χ4v) is 2.22. The molecular weight excluding hydrogens is 391 g/mol. The molecule has 0 aliphatic heterocycles. The molecule has 1 atom stereocenters. The SMILES string of the molecule is [B]C(=O)OCc1ccc(NC(=O)CNC(=O)C(NC(=O)ON(C)CC)C(C)C)cc1. The fraction of sp³-hybridized carbons (Fsp3) is 0.474. The molecule has 0 aliphatic carbocycles. The summed E-state index contributed by atoms with van der Waals surface area (Å²) in [5, 5.41) is 8.93. The van der Waals surface area contributed by atoms with Crippen LogP contribution < -0.4 is 16.0 Å². The zero-order chi connectivity index (χ0) is 22.7. The van der Waals surface area contributed by atoms with E-state index in [-0.39, 0.29) is 19.1 Å². The van der Waals surface area contributed by atoms with Crippen LogP contribution in [0.3, 0.4) is 0 Å². The van der Waals surface area contributed by atoms with Crippen molar-refractivity contribution < 1.29 is 28.8 Å². The summed E-state index contributed by atoms with van der Waals surface area (Å²) in [7, 11) is 6.49. The number of amides is 3. The van der Waals surface area contributed by atoms with Gasteiger partial charge >= 0.3 is 6.09 Å². The van der Waals surface area contributed by atoms with E-state index >= 15 is 0 Å². The molecule has 10 nitrogen and oxygen atoms in total. The molecule has 11 heteroatoms. The topological polar surface area (TPSA) is 126 Å². The molecule has 3 amide bonds. The van der Waals surface area contributed by atoms with E-state index in [1.165, 1.54) is 5.06 Å². The Bertz CT molecular complexity index is 741. The van der Waals surface area contributed by atoms with Gasteiger partial charge in [-0.05, 0) is 30.5 Å². The maximum Gasteiger partial charge on any atom is 0.426 e. The van der Waals surface area contributed by atoms with Crippen LogP contribution >= 0.6 is 0 Å². The Morgan fingerprint density at radius 1 is 1.13 bits per heavy atom. The van der Waals surface area contributed by atoms with Crippen molar-refractivity contribution in [2.24, 2.45) is 5.92 Å². The summed E-state index contributed by atoms with van der Waals surface area (Å²) in [6, 6.07) is 5.71. The third-order valence-electron chi connectivity index (χ3n) is 3.95. The first-order valence-electron chi connectivity index (χ1n) is 9.40. The number of nitrogens with one attached hydrogen (secondary N) is 3. The van der Waals surface area contributed by atoms with Crippen molar-refractivity contribution in [1.29, 1.82) is 0 Å². The van der Waals surface area contributed by atoms with Crippen molar-refractivity contribution in [2.75, 3.05) is 25.5 Å². The lowest BCUT2D eigenvalue weighted by Gasteiger charge is -2.22. The van der Waals surface area contributed by atoms with Gasteiger partial charge in [-0.15, -0.1) is 5.06 Å². The maximum absolute atomic E-state index is 12.4. The molecule has 162 valence electrons. The average Bonchev–Trinajstić information content (AvgIpc) is 2.69. The number of carbonyl (C=O) groups is 4. The van der Waals surface area contributed by atoms with Crippen molar-refractivity contribution in [1.82, 2.24) is 15.7 Å². The largest absolute Gasteiger partial charge is 0.470 e. The number of benzene rings is 1. The Kier molecular flexibility index (Phi) is 10.4. The van der Waals surface area contributed by atoms with Crippen LogP contribution in [0.25, 0.3) is 0 Å². The second-order valence-electron chi connectivity index (χ2n) is 6.76. The number of hydrogen-bond acceptors (Lipinski definition) is 7. The third kappa shape index (κ3) is 9.42. The van der Waals surface area contributed by atoms with Crippen LogP contribution in [0.1, 0.15) is 26.3 Å². The molecule has 0 heterocycles. The summed E-state index contributed by atoms with van der Waals surface area (Å²) in [6.07, 6.45) is -0.752. The number of rotatable bonds is 10. The molecular formula is C19H27BN4O6. The number of carbonyl (C=O) groups excluding carboxylic acids is 4. The predicted octanol–water partition coefficient (Wildman–Crippen LogP) is 1.16. The van der Waals surface area contributed by atoms with Gasteiger partial charge in [0.1, 0.15) is 12.6 Å². The quantitative estimate of drug-likeness (QED) is 0.385. The van der Waals surface area contributed by atoms with Gasteiger partial charge in [0.15, 0.2) is 0 Å². The molecule has 0 aromatic heterocycles. The molecule has 0 bridgehead atoms. The third-order valence-corrected chi connectivity index (χ3v) is 3.95. The standard InChI is InChI=1S/C19H27BN4O6/c1-5-24(4)30-19(28)23-16(12(2)3)17(26)21-10-15(25)22-14-8-6-13(7-9-14)11-29-18(20)27/h6-9,12,16H,5,10-11H2,1-4H3,(H,21,26)(H,22,25)(H,23,28). The van der Waals surface area contributed by atoms with Gasteiger partial charge < -0.3 is 25.5 Å². The van der Waals surface area contributed by atoms with Gasteiger partial charge in [-0.1, -0.05) is 26.0 Å². The zero-order valence-electron chi connectivity index (χ0n) is 17.6. The van der Waals surface area contributed by atoms with E-state index in [4.69, 9.17) is 12.7 Å². The highest BCUT2D eigenvalue weighted by Crippen LogP contribution is 2.10. The summed E-state index contributed by atoms with van der Waals surface area (Å²) in [5.74, 6) is -2.04. The highest BCUT2D eigenvalue weighted by Gasteiger charge is 2.25. The lowest BCUT2D eigenvalue weighted by Crippen LogP contribution is -2.51. The number of nitrogens with zero attached hydrogens (tertiary/aromatic N) is 1. The van der Waals surface area contributed by atoms with Crippen molar-refractivity contribution >= 4 is 37.3 Å². The molecule has 1 rings (SSSR count). The Labute approximate surface area is 177 Å². The van der Waals surface area contributed by atoms with Crippen LogP contribution in [0.15, 0.2) is 24.3 Å². The minimum absolute atomic E-state index is 0.0275. The minimum Gasteiger partial charge on any atom is -0.470 e. The van der Waals surface area contributed by atoms with Gasteiger partial charge in [0.25, 0.3) is 0 Å². The number of hydroxylamine groups is 2. The molecule has 0 saturated heterocycles. The van der Waals surface area contributed by atoms with Crippen molar-refractivity contribution in [3.63, 3.8) is 0 Å². The van der Waals surface area contributed by atoms with Gasteiger partial charge in [0, 0.05) is 19.3 Å². The van der Waals surface area contributed by atoms with Gasteiger partial charge in [-0.2, -0.15) is 0 Å². The second-order valence-corrected chi connectivity index (χ2v) is 6.76. The van der Waals surface area contributed by atoms with E-state index in [0.717, 1.165) is 0 Å². The molecule has 3 N–H and O–H groups in total. The monoisotopic (exact) mass is 418 g/mol. The average molecular weight is 418 g/mol. The molecule has 2 radical (unpaired) electrons. The summed E-state index contributed by atoms with van der Waals surface area (Å²) in [5.41, 5.74) is 1.20. The Morgan fingerprint density at radius 2 is 1.77 bits per heavy atom. The smallest absolute Gasteiger partial charge is 0.426 e. The lowest BCUT2D eigenvalue weighted by molar-refractivity contribution is -0.127. The van der Waals surface area contributed by atoms with E-state index in [0.29, 0.717) is 17.8 Å². The summed E-state index contributed by atoms with van der Waals surface area (Å²) in [4.78, 5) is 51.9. The Balaban J connectivity index is 2.51. The molecule has 1 aromatic carbocycles. The maximum atomic E-state index is 12.4. The molecule has 1 unspecified atom stereocenters. The van der Waals surface area contributed by atoms with Gasteiger partial charge in [-0.25, -0.2) is 4.79 Å². The molecule has 0 saturated carbocycles. The predicted molar refractivity (Wildman–Crippen MR) is 111 cm³/mol. The number of anilines is 1. The summed E-state index contributed by atoms with van der Waals surface area (Å²) in [6.45, 7) is 5.57. The van der Waals surface area contributed by atoms with Gasteiger partial charge in [0.2, 0.25) is 25.5 Å². The summed E-state index contributed by atoms with van der Waals surface area (Å²) >= 11 is 0. The van der Waals surface area contributed by atoms with E-state index in [9.17, 15) is 19.2 Å². The van der Waals surface area contributed by atoms with Crippen LogP contribution in [-0.2, 0) is 25.8 Å². The normalized spacial score (nSPS) is 11.5. The van der Waals surface area contributed by atoms with E-state index < -0.39 is 29.8 Å². The first-order chi connectivity index (χ1) is 14.1. The van der Waals surface area contributed by atoms with E-state index in [1.54, 1.807) is 52.1 Å². The zero-order valence-corrected chi connectivity index (χ0v) is 17.6. The first-order valence-corrected chi connectivity index (χ1v) is 9.40. The van der Waals surface area contributed by atoms with E-state index in [1.807, 2.05) is 0 Å². The van der Waals surface area contributed by atoms with Gasteiger partial charge in [-0.3, -0.25) is 14.4 Å². The number of hydrogen-bond donors (Lipinski definition) is 3. The molecule has 30 heavy (non-hydrogen) atoms. The Hall–Kier alpha value is -3.08. The van der Waals surface area contributed by atoms with Gasteiger partial charge in [0.05, 0.1) is 6.54 Å². The lowest BCUT2D eigenvalue weighted by atomic mass is 10.0. The van der Waals surface area contributed by atoms with Crippen molar-refractivity contribution in [2.45, 2.75) is 33.4 Å².